The molecule has 0 saturated carbocycles. The van der Waals surface area contributed by atoms with Crippen molar-refractivity contribution in [2.75, 3.05) is 7.11 Å². The minimum atomic E-state index is -3.89. The van der Waals surface area contributed by atoms with Gasteiger partial charge in [0.25, 0.3) is 14.2 Å². The molecule has 0 fully saturated rings. The van der Waals surface area contributed by atoms with Crippen LogP contribution in [0.25, 0.3) is 0 Å². The van der Waals surface area contributed by atoms with Gasteiger partial charge < -0.3 is 4.74 Å². The van der Waals surface area contributed by atoms with Crippen molar-refractivity contribution >= 4 is 19.7 Å². The van der Waals surface area contributed by atoms with Crippen LogP contribution >= 0.6 is 10.7 Å². The van der Waals surface area contributed by atoms with E-state index in [2.05, 4.69) is 15.2 Å². The Morgan fingerprint density at radius 2 is 2.22 bits per heavy atom. The van der Waals surface area contributed by atoms with E-state index in [1.54, 1.807) is 7.11 Å². The SMILES string of the molecule is COc1cccc(Cc2nc(S(=O)(=O)Cl)n[nH]2)c1. The second kappa shape index (κ2) is 4.95. The maximum absolute atomic E-state index is 11.0. The van der Waals surface area contributed by atoms with Gasteiger partial charge in [-0.05, 0) is 17.7 Å². The van der Waals surface area contributed by atoms with E-state index in [1.165, 1.54) is 0 Å². The Hall–Kier alpha value is -1.60. The molecule has 18 heavy (non-hydrogen) atoms. The first-order valence-corrected chi connectivity index (χ1v) is 7.29. The molecule has 0 atom stereocenters. The van der Waals surface area contributed by atoms with Crippen molar-refractivity contribution in [2.45, 2.75) is 11.6 Å². The van der Waals surface area contributed by atoms with Gasteiger partial charge >= 0.3 is 0 Å². The van der Waals surface area contributed by atoms with E-state index in [0.717, 1.165) is 11.3 Å². The standard InChI is InChI=1S/C10H10ClN3O3S/c1-17-8-4-2-3-7(5-8)6-9-12-10(14-13-9)18(11,15)16/h2-5H,6H2,1H3,(H,12,13,14). The van der Waals surface area contributed by atoms with Gasteiger partial charge in [0.2, 0.25) is 0 Å². The number of nitrogens with zero attached hydrogens (tertiary/aromatic N) is 2. The molecule has 2 aromatic rings. The number of halogens is 1. The first-order valence-electron chi connectivity index (χ1n) is 4.98. The van der Waals surface area contributed by atoms with Crippen molar-refractivity contribution in [1.82, 2.24) is 15.2 Å². The topological polar surface area (TPSA) is 84.9 Å². The first kappa shape index (κ1) is 12.8. The van der Waals surface area contributed by atoms with Crippen LogP contribution in [0.15, 0.2) is 29.4 Å². The minimum absolute atomic E-state index is 0.413. The van der Waals surface area contributed by atoms with Crippen LogP contribution in [0.3, 0.4) is 0 Å². The quantitative estimate of drug-likeness (QED) is 0.858. The van der Waals surface area contributed by atoms with Crippen molar-refractivity contribution in [3.8, 4) is 5.75 Å². The lowest BCUT2D eigenvalue weighted by atomic mass is 10.1. The van der Waals surface area contributed by atoms with Crippen LogP contribution in [0, 0.1) is 0 Å². The monoisotopic (exact) mass is 287 g/mol. The average molecular weight is 288 g/mol. The highest BCUT2D eigenvalue weighted by atomic mass is 35.7. The number of ether oxygens (including phenoxy) is 1. The van der Waals surface area contributed by atoms with E-state index in [0.29, 0.717) is 12.2 Å². The fourth-order valence-corrected chi connectivity index (χ4v) is 2.02. The summed E-state index contributed by atoms with van der Waals surface area (Å²) in [6.07, 6.45) is 0.413. The summed E-state index contributed by atoms with van der Waals surface area (Å²) in [5.74, 6) is 1.14. The van der Waals surface area contributed by atoms with Gasteiger partial charge in [0.05, 0.1) is 7.11 Å². The van der Waals surface area contributed by atoms with Gasteiger partial charge in [0.15, 0.2) is 0 Å². The molecule has 0 radical (unpaired) electrons. The third kappa shape index (κ3) is 2.99. The van der Waals surface area contributed by atoms with Gasteiger partial charge in [-0.1, -0.05) is 12.1 Å². The van der Waals surface area contributed by atoms with Crippen molar-refractivity contribution in [2.24, 2.45) is 0 Å². The summed E-state index contributed by atoms with van der Waals surface area (Å²) in [6, 6.07) is 7.36. The second-order valence-corrected chi connectivity index (χ2v) is 5.99. The molecule has 0 saturated heterocycles. The largest absolute Gasteiger partial charge is 0.497 e. The Kier molecular flexibility index (Phi) is 3.53. The third-order valence-corrected chi connectivity index (χ3v) is 3.27. The zero-order chi connectivity index (χ0) is 13.2. The molecule has 0 bridgehead atoms. The van der Waals surface area contributed by atoms with Crippen LogP contribution in [-0.2, 0) is 15.5 Å². The number of aromatic amines is 1. The van der Waals surface area contributed by atoms with Crippen molar-refractivity contribution in [3.05, 3.63) is 35.7 Å². The Bertz CT molecular complexity index is 654. The number of rotatable bonds is 4. The summed E-state index contributed by atoms with van der Waals surface area (Å²) >= 11 is 0. The van der Waals surface area contributed by atoms with E-state index >= 15 is 0 Å². The van der Waals surface area contributed by atoms with Crippen LogP contribution in [0.2, 0.25) is 0 Å². The lowest BCUT2D eigenvalue weighted by molar-refractivity contribution is 0.414. The third-order valence-electron chi connectivity index (χ3n) is 2.24. The highest BCUT2D eigenvalue weighted by Gasteiger charge is 2.16. The van der Waals surface area contributed by atoms with Crippen LogP contribution in [0.4, 0.5) is 0 Å². The summed E-state index contributed by atoms with van der Waals surface area (Å²) < 4.78 is 27.1. The van der Waals surface area contributed by atoms with Gasteiger partial charge in [-0.3, -0.25) is 5.10 Å². The molecule has 1 N–H and O–H groups in total. The average Bonchev–Trinajstić information content (AvgIpc) is 2.77. The van der Waals surface area contributed by atoms with Crippen LogP contribution in [0.5, 0.6) is 5.75 Å². The summed E-state index contributed by atoms with van der Waals surface area (Å²) in [7, 11) is 2.81. The van der Waals surface area contributed by atoms with Gasteiger partial charge in [0.1, 0.15) is 11.6 Å². The maximum atomic E-state index is 11.0. The molecule has 0 amide bonds. The molecule has 0 unspecified atom stereocenters. The lowest BCUT2D eigenvalue weighted by Gasteiger charge is -2.02. The Morgan fingerprint density at radius 1 is 1.44 bits per heavy atom. The van der Waals surface area contributed by atoms with E-state index < -0.39 is 14.2 Å². The summed E-state index contributed by atoms with van der Waals surface area (Å²) in [5.41, 5.74) is 0.920. The number of methoxy groups -OCH3 is 1. The van der Waals surface area contributed by atoms with Crippen molar-refractivity contribution < 1.29 is 13.2 Å². The molecule has 0 aliphatic heterocycles. The van der Waals surface area contributed by atoms with Gasteiger partial charge in [-0.25, -0.2) is 13.4 Å². The van der Waals surface area contributed by atoms with Gasteiger partial charge in [0, 0.05) is 17.1 Å². The first-order chi connectivity index (χ1) is 8.49. The molecule has 0 aliphatic rings. The summed E-state index contributed by atoms with van der Waals surface area (Å²) in [6.45, 7) is 0. The summed E-state index contributed by atoms with van der Waals surface area (Å²) in [4.78, 5) is 3.80. The maximum Gasteiger partial charge on any atom is 0.298 e. The fraction of sp³-hybridized carbons (Fsp3) is 0.200. The minimum Gasteiger partial charge on any atom is -0.497 e. The van der Waals surface area contributed by atoms with Crippen molar-refractivity contribution in [3.63, 3.8) is 0 Å². The predicted molar refractivity (Wildman–Crippen MR) is 65.2 cm³/mol. The number of aromatic nitrogens is 3. The molecule has 0 spiro atoms. The molecule has 1 aromatic carbocycles. The summed E-state index contributed by atoms with van der Waals surface area (Å²) in [5, 5.41) is 5.66. The van der Waals surface area contributed by atoms with E-state index in [9.17, 15) is 8.42 Å². The van der Waals surface area contributed by atoms with Gasteiger partial charge in [-0.2, -0.15) is 0 Å². The Morgan fingerprint density at radius 3 is 2.83 bits per heavy atom. The molecular weight excluding hydrogens is 278 g/mol. The Labute approximate surface area is 108 Å². The molecule has 96 valence electrons. The van der Waals surface area contributed by atoms with Crippen LogP contribution in [-0.4, -0.2) is 30.7 Å². The number of hydrogen-bond donors (Lipinski definition) is 1. The van der Waals surface area contributed by atoms with Gasteiger partial charge in [-0.15, -0.1) is 5.10 Å². The Balaban J connectivity index is 2.21. The molecule has 8 heteroatoms. The highest BCUT2D eigenvalue weighted by molar-refractivity contribution is 8.13. The molecular formula is C10H10ClN3O3S. The molecule has 2 rings (SSSR count). The van der Waals surface area contributed by atoms with Crippen LogP contribution in [0.1, 0.15) is 11.4 Å². The van der Waals surface area contributed by atoms with E-state index in [4.69, 9.17) is 15.4 Å². The van der Waals surface area contributed by atoms with E-state index in [-0.39, 0.29) is 0 Å². The number of hydrogen-bond acceptors (Lipinski definition) is 5. The van der Waals surface area contributed by atoms with Crippen molar-refractivity contribution in [1.29, 1.82) is 0 Å². The zero-order valence-corrected chi connectivity index (χ0v) is 11.0. The molecule has 6 nitrogen and oxygen atoms in total. The number of H-pyrrole nitrogens is 1. The number of nitrogens with one attached hydrogen (secondary N) is 1. The van der Waals surface area contributed by atoms with E-state index in [1.807, 2.05) is 24.3 Å². The normalized spacial score (nSPS) is 11.4. The fourth-order valence-electron chi connectivity index (χ4n) is 1.44. The molecule has 1 heterocycles. The van der Waals surface area contributed by atoms with Crippen LogP contribution < -0.4 is 4.74 Å². The molecule has 0 aliphatic carbocycles. The highest BCUT2D eigenvalue weighted by Crippen LogP contribution is 2.15. The number of benzene rings is 1. The predicted octanol–water partition coefficient (Wildman–Crippen LogP) is 1.33. The second-order valence-electron chi connectivity index (χ2n) is 3.53. The smallest absolute Gasteiger partial charge is 0.298 e. The zero-order valence-electron chi connectivity index (χ0n) is 9.42. The lowest BCUT2D eigenvalue weighted by Crippen LogP contribution is -1.94. The molecule has 1 aromatic heterocycles.